The van der Waals surface area contributed by atoms with Crippen molar-refractivity contribution >= 4 is 28.9 Å². The third-order valence-electron chi connectivity index (χ3n) is 4.24. The summed E-state index contributed by atoms with van der Waals surface area (Å²) in [6.45, 7) is 12.2. The first kappa shape index (κ1) is 25.6. The molecule has 164 valence electrons. The lowest BCUT2D eigenvalue weighted by Crippen LogP contribution is -2.04. The molecule has 0 unspecified atom stereocenters. The first-order valence-electron chi connectivity index (χ1n) is 10.4. The molecule has 0 radical (unpaired) electrons. The molecule has 0 bridgehead atoms. The molecule has 0 saturated carbocycles. The van der Waals surface area contributed by atoms with E-state index in [4.69, 9.17) is 37.5 Å². The number of hydrogen-bond donors (Lipinski definition) is 0. The predicted octanol–water partition coefficient (Wildman–Crippen LogP) is 7.24. The average Bonchev–Trinajstić information content (AvgIpc) is 2.63. The van der Waals surface area contributed by atoms with Crippen LogP contribution in [0.1, 0.15) is 64.5 Å². The van der Waals surface area contributed by atoms with Crippen molar-refractivity contribution in [3.8, 4) is 11.5 Å². The number of oxime groups is 1. The fourth-order valence-electron chi connectivity index (χ4n) is 2.97. The van der Waals surface area contributed by atoms with Gasteiger partial charge in [0.25, 0.3) is 0 Å². The van der Waals surface area contributed by atoms with Crippen LogP contribution in [-0.4, -0.2) is 25.5 Å². The molecule has 0 aromatic heterocycles. The highest BCUT2D eigenvalue weighted by atomic mass is 35.5. The van der Waals surface area contributed by atoms with Crippen molar-refractivity contribution in [2.24, 2.45) is 11.1 Å². The summed E-state index contributed by atoms with van der Waals surface area (Å²) in [7, 11) is 0. The number of benzene rings is 1. The van der Waals surface area contributed by atoms with Crippen LogP contribution in [0.25, 0.3) is 0 Å². The summed E-state index contributed by atoms with van der Waals surface area (Å²) in [6.07, 6.45) is 6.48. The molecule has 0 spiro atoms. The third kappa shape index (κ3) is 11.4. The standard InChI is InChI=1S/C23H35Cl2NO3/c1-6-20-16-21(27-13-10-22(24)25)15-18(4)23(20)28-11-8-7-9-12-29-26-19(5)14-17(2)3/h10,15-17H,6-9,11-14H2,1-5H3. The van der Waals surface area contributed by atoms with E-state index in [2.05, 4.69) is 25.9 Å². The molecule has 0 aliphatic rings. The van der Waals surface area contributed by atoms with Crippen molar-refractivity contribution in [3.05, 3.63) is 33.8 Å². The quantitative estimate of drug-likeness (QED) is 0.172. The van der Waals surface area contributed by atoms with E-state index in [-0.39, 0.29) is 4.49 Å². The average molecular weight is 444 g/mol. The SMILES string of the molecule is CCc1cc(OCC=C(Cl)Cl)cc(C)c1OCCCCCON=C(C)CC(C)C. The summed E-state index contributed by atoms with van der Waals surface area (Å²) in [5.41, 5.74) is 3.26. The number of halogens is 2. The second kappa shape index (κ2) is 14.6. The Labute approximate surface area is 186 Å². The van der Waals surface area contributed by atoms with Gasteiger partial charge in [0, 0.05) is 0 Å². The molecule has 0 N–H and O–H groups in total. The van der Waals surface area contributed by atoms with E-state index in [9.17, 15) is 0 Å². The summed E-state index contributed by atoms with van der Waals surface area (Å²) in [5, 5.41) is 4.16. The van der Waals surface area contributed by atoms with Gasteiger partial charge in [0.2, 0.25) is 0 Å². The van der Waals surface area contributed by atoms with Crippen LogP contribution < -0.4 is 9.47 Å². The summed E-state index contributed by atoms with van der Waals surface area (Å²) in [6, 6.07) is 4.00. The van der Waals surface area contributed by atoms with Crippen molar-refractivity contribution in [1.82, 2.24) is 0 Å². The molecule has 0 atom stereocenters. The number of hydrogen-bond acceptors (Lipinski definition) is 4. The van der Waals surface area contributed by atoms with Crippen molar-refractivity contribution in [2.45, 2.75) is 66.7 Å². The Morgan fingerprint density at radius 3 is 2.48 bits per heavy atom. The minimum absolute atomic E-state index is 0.209. The number of unbranched alkanes of at least 4 members (excludes halogenated alkanes) is 2. The van der Waals surface area contributed by atoms with Crippen molar-refractivity contribution < 1.29 is 14.3 Å². The molecule has 1 aromatic rings. The lowest BCUT2D eigenvalue weighted by molar-refractivity contribution is 0.137. The van der Waals surface area contributed by atoms with Crippen LogP contribution >= 0.6 is 23.2 Å². The fraction of sp³-hybridized carbons (Fsp3) is 0.609. The Kier molecular flexibility index (Phi) is 12.9. The molecule has 0 aliphatic heterocycles. The zero-order valence-corrected chi connectivity index (χ0v) is 19.9. The Balaban J connectivity index is 2.37. The summed E-state index contributed by atoms with van der Waals surface area (Å²) < 4.78 is 12.0. The summed E-state index contributed by atoms with van der Waals surface area (Å²) in [4.78, 5) is 5.39. The Hall–Kier alpha value is -1.39. The Morgan fingerprint density at radius 1 is 1.10 bits per heavy atom. The molecule has 0 saturated heterocycles. The van der Waals surface area contributed by atoms with Gasteiger partial charge in [-0.1, -0.05) is 49.1 Å². The molecule has 29 heavy (non-hydrogen) atoms. The number of rotatable bonds is 14. The largest absolute Gasteiger partial charge is 0.493 e. The van der Waals surface area contributed by atoms with Gasteiger partial charge in [0.05, 0.1) is 12.3 Å². The minimum Gasteiger partial charge on any atom is -0.493 e. The second-order valence-corrected chi connectivity index (χ2v) is 8.56. The molecule has 1 aromatic carbocycles. The van der Waals surface area contributed by atoms with Gasteiger partial charge >= 0.3 is 0 Å². The number of ether oxygens (including phenoxy) is 2. The van der Waals surface area contributed by atoms with Crippen LogP contribution in [0.2, 0.25) is 0 Å². The maximum Gasteiger partial charge on any atom is 0.125 e. The summed E-state index contributed by atoms with van der Waals surface area (Å²) >= 11 is 11.2. The highest BCUT2D eigenvalue weighted by molar-refractivity contribution is 6.55. The van der Waals surface area contributed by atoms with Crippen LogP contribution in [0, 0.1) is 12.8 Å². The van der Waals surface area contributed by atoms with Crippen LogP contribution in [-0.2, 0) is 11.3 Å². The third-order valence-corrected chi connectivity index (χ3v) is 4.55. The van der Waals surface area contributed by atoms with E-state index in [0.717, 1.165) is 60.4 Å². The molecule has 0 fully saturated rings. The van der Waals surface area contributed by atoms with Gasteiger partial charge in [-0.05, 0) is 81.2 Å². The van der Waals surface area contributed by atoms with Crippen LogP contribution in [0.4, 0.5) is 0 Å². The zero-order chi connectivity index (χ0) is 21.6. The van der Waals surface area contributed by atoms with Gasteiger partial charge in [-0.25, -0.2) is 0 Å². The van der Waals surface area contributed by atoms with Gasteiger partial charge in [-0.15, -0.1) is 0 Å². The van der Waals surface area contributed by atoms with Crippen molar-refractivity contribution in [3.63, 3.8) is 0 Å². The van der Waals surface area contributed by atoms with E-state index in [1.165, 1.54) is 0 Å². The molecular formula is C23H35Cl2NO3. The fourth-order valence-corrected chi connectivity index (χ4v) is 3.09. The zero-order valence-electron chi connectivity index (χ0n) is 18.4. The molecule has 6 heteroatoms. The smallest absolute Gasteiger partial charge is 0.125 e. The second-order valence-electron chi connectivity index (χ2n) is 7.55. The van der Waals surface area contributed by atoms with Gasteiger partial charge in [-0.3, -0.25) is 0 Å². The van der Waals surface area contributed by atoms with E-state index >= 15 is 0 Å². The summed E-state index contributed by atoms with van der Waals surface area (Å²) in [5.74, 6) is 2.36. The van der Waals surface area contributed by atoms with Crippen LogP contribution in [0.3, 0.4) is 0 Å². The molecular weight excluding hydrogens is 409 g/mol. The number of nitrogens with zero attached hydrogens (tertiary/aromatic N) is 1. The van der Waals surface area contributed by atoms with Crippen LogP contribution in [0.15, 0.2) is 27.9 Å². The monoisotopic (exact) mass is 443 g/mol. The normalized spacial score (nSPS) is 11.5. The predicted molar refractivity (Wildman–Crippen MR) is 124 cm³/mol. The highest BCUT2D eigenvalue weighted by Gasteiger charge is 2.09. The van der Waals surface area contributed by atoms with Crippen LogP contribution in [0.5, 0.6) is 11.5 Å². The van der Waals surface area contributed by atoms with E-state index in [1.54, 1.807) is 6.08 Å². The first-order chi connectivity index (χ1) is 13.8. The molecule has 0 amide bonds. The van der Waals surface area contributed by atoms with E-state index < -0.39 is 0 Å². The lowest BCUT2D eigenvalue weighted by Gasteiger charge is -2.15. The molecule has 1 rings (SSSR count). The molecule has 4 nitrogen and oxygen atoms in total. The lowest BCUT2D eigenvalue weighted by atomic mass is 10.1. The van der Waals surface area contributed by atoms with Crippen molar-refractivity contribution in [1.29, 1.82) is 0 Å². The van der Waals surface area contributed by atoms with Gasteiger partial charge in [0.15, 0.2) is 0 Å². The molecule has 0 aliphatic carbocycles. The van der Waals surface area contributed by atoms with E-state index in [0.29, 0.717) is 25.7 Å². The first-order valence-corrected chi connectivity index (χ1v) is 11.1. The minimum atomic E-state index is 0.209. The Bertz CT molecular complexity index is 668. The van der Waals surface area contributed by atoms with Gasteiger partial charge < -0.3 is 14.3 Å². The van der Waals surface area contributed by atoms with Crippen molar-refractivity contribution in [2.75, 3.05) is 19.8 Å². The van der Waals surface area contributed by atoms with E-state index in [1.807, 2.05) is 26.0 Å². The van der Waals surface area contributed by atoms with Gasteiger partial charge in [0.1, 0.15) is 29.2 Å². The highest BCUT2D eigenvalue weighted by Crippen LogP contribution is 2.30. The maximum absolute atomic E-state index is 6.07. The topological polar surface area (TPSA) is 40.0 Å². The maximum atomic E-state index is 6.07. The Morgan fingerprint density at radius 2 is 1.83 bits per heavy atom. The number of aryl methyl sites for hydroxylation is 2. The molecule has 0 heterocycles. The van der Waals surface area contributed by atoms with Gasteiger partial charge in [-0.2, -0.15) is 0 Å².